The smallest absolute Gasteiger partial charge is 0.305 e. The topological polar surface area (TPSA) is 68.6 Å². The van der Waals surface area contributed by atoms with Crippen LogP contribution in [0.15, 0.2) is 54.7 Å². The summed E-state index contributed by atoms with van der Waals surface area (Å²) in [6.45, 7) is 4.87. The molecule has 4 rings (SSSR count). The van der Waals surface area contributed by atoms with Crippen molar-refractivity contribution in [2.75, 3.05) is 20.8 Å². The zero-order valence-electron chi connectivity index (χ0n) is 19.9. The monoisotopic (exact) mass is 478 g/mol. The summed E-state index contributed by atoms with van der Waals surface area (Å²) in [4.78, 5) is 18.5. The number of esters is 1. The number of ether oxygens (including phenoxy) is 2. The number of aryl methyl sites for hydroxylation is 1. The van der Waals surface area contributed by atoms with E-state index in [9.17, 15) is 4.79 Å². The fourth-order valence-electron chi connectivity index (χ4n) is 4.71. The van der Waals surface area contributed by atoms with Crippen molar-refractivity contribution in [2.45, 2.75) is 38.8 Å². The molecule has 0 unspecified atom stereocenters. The molecule has 1 aliphatic rings. The number of hydrogen-bond donors (Lipinski definition) is 1. The van der Waals surface area contributed by atoms with Crippen molar-refractivity contribution >= 4 is 23.3 Å². The second-order valence-electron chi connectivity index (χ2n) is 8.36. The number of methoxy groups -OCH3 is 2. The van der Waals surface area contributed by atoms with Crippen LogP contribution in [0.4, 0.5) is 0 Å². The molecule has 8 heteroatoms. The number of benzene rings is 1. The first kappa shape index (κ1) is 23.8. The van der Waals surface area contributed by atoms with Gasteiger partial charge in [-0.2, -0.15) is 0 Å². The highest BCUT2D eigenvalue weighted by Crippen LogP contribution is 2.41. The SMILES string of the molecule is COC(=O)CCCN1C(=S)N[C@H](c2ccccn2)[C@@H]1c1cc(C)n(-c2cccc(OC)c2)c1C. The van der Waals surface area contributed by atoms with Crippen LogP contribution >= 0.6 is 12.2 Å². The van der Waals surface area contributed by atoms with E-state index in [1.165, 1.54) is 12.7 Å². The molecule has 178 valence electrons. The molecular weight excluding hydrogens is 448 g/mol. The lowest BCUT2D eigenvalue weighted by Crippen LogP contribution is -2.31. The minimum absolute atomic E-state index is 0.0643. The first-order chi connectivity index (χ1) is 16.4. The second kappa shape index (κ2) is 10.3. The maximum atomic E-state index is 11.7. The van der Waals surface area contributed by atoms with E-state index in [4.69, 9.17) is 21.7 Å². The lowest BCUT2D eigenvalue weighted by Gasteiger charge is -2.28. The Balaban J connectivity index is 1.75. The Bertz CT molecular complexity index is 1180. The molecule has 0 saturated carbocycles. The average Bonchev–Trinajstić information content (AvgIpc) is 3.34. The summed E-state index contributed by atoms with van der Waals surface area (Å²) >= 11 is 5.76. The van der Waals surface area contributed by atoms with Gasteiger partial charge in [0.05, 0.1) is 32.0 Å². The maximum Gasteiger partial charge on any atom is 0.305 e. The standard InChI is InChI=1S/C26H30N4O3S/c1-17-15-21(18(2)30(17)19-9-7-10-20(16-19)32-3)25-24(22-11-5-6-13-27-22)28-26(34)29(25)14-8-12-23(31)33-4/h5-7,9-11,13,15-16,24-25H,8,12,14H2,1-4H3,(H,28,34)/t24-,25+/m1/s1. The van der Waals surface area contributed by atoms with Gasteiger partial charge in [0.1, 0.15) is 5.75 Å². The van der Waals surface area contributed by atoms with Crippen LogP contribution in [-0.2, 0) is 9.53 Å². The summed E-state index contributed by atoms with van der Waals surface area (Å²) in [5, 5.41) is 4.15. The molecule has 0 bridgehead atoms. The van der Waals surface area contributed by atoms with Gasteiger partial charge < -0.3 is 24.3 Å². The predicted molar refractivity (Wildman–Crippen MR) is 135 cm³/mol. The van der Waals surface area contributed by atoms with Crippen molar-refractivity contribution < 1.29 is 14.3 Å². The van der Waals surface area contributed by atoms with Crippen molar-refractivity contribution in [1.82, 2.24) is 19.8 Å². The molecule has 34 heavy (non-hydrogen) atoms. The van der Waals surface area contributed by atoms with E-state index in [1.54, 1.807) is 13.3 Å². The number of nitrogens with one attached hydrogen (secondary N) is 1. The van der Waals surface area contributed by atoms with Gasteiger partial charge in [-0.15, -0.1) is 0 Å². The lowest BCUT2D eigenvalue weighted by molar-refractivity contribution is -0.140. The number of hydrogen-bond acceptors (Lipinski definition) is 5. The van der Waals surface area contributed by atoms with E-state index >= 15 is 0 Å². The molecule has 1 fully saturated rings. The quantitative estimate of drug-likeness (QED) is 0.380. The number of carbonyl (C=O) groups excluding carboxylic acids is 1. The van der Waals surface area contributed by atoms with Gasteiger partial charge in [-0.25, -0.2) is 0 Å². The molecule has 2 atom stereocenters. The summed E-state index contributed by atoms with van der Waals surface area (Å²) in [6, 6.07) is 16.0. The van der Waals surface area contributed by atoms with E-state index in [0.717, 1.165) is 28.5 Å². The van der Waals surface area contributed by atoms with Crippen molar-refractivity contribution in [3.8, 4) is 11.4 Å². The summed E-state index contributed by atoms with van der Waals surface area (Å²) in [6.07, 6.45) is 2.80. The summed E-state index contributed by atoms with van der Waals surface area (Å²) in [5.74, 6) is 0.596. The Labute approximate surface area is 205 Å². The van der Waals surface area contributed by atoms with Crippen LogP contribution < -0.4 is 10.1 Å². The Morgan fingerprint density at radius 3 is 2.68 bits per heavy atom. The average molecular weight is 479 g/mol. The van der Waals surface area contributed by atoms with Gasteiger partial charge in [-0.05, 0) is 68.4 Å². The van der Waals surface area contributed by atoms with Crippen LogP contribution in [0, 0.1) is 13.8 Å². The number of nitrogens with zero attached hydrogens (tertiary/aromatic N) is 3. The number of aromatic nitrogens is 2. The fraction of sp³-hybridized carbons (Fsp3) is 0.346. The van der Waals surface area contributed by atoms with Crippen molar-refractivity contribution in [3.05, 3.63) is 77.4 Å². The number of thiocarbonyl (C=S) groups is 1. The number of pyridine rings is 1. The van der Waals surface area contributed by atoms with Crippen LogP contribution in [0.3, 0.4) is 0 Å². The molecule has 2 aromatic heterocycles. The minimum atomic E-state index is -0.216. The molecular formula is C26H30N4O3S. The second-order valence-corrected chi connectivity index (χ2v) is 8.75. The van der Waals surface area contributed by atoms with E-state index in [1.807, 2.05) is 36.4 Å². The van der Waals surface area contributed by atoms with Crippen LogP contribution in [-0.4, -0.2) is 46.3 Å². The molecule has 0 spiro atoms. The third-order valence-electron chi connectivity index (χ3n) is 6.31. The third-order valence-corrected chi connectivity index (χ3v) is 6.66. The maximum absolute atomic E-state index is 11.7. The molecule has 0 aliphatic carbocycles. The summed E-state index contributed by atoms with van der Waals surface area (Å²) in [7, 11) is 3.09. The first-order valence-electron chi connectivity index (χ1n) is 11.3. The molecule has 0 amide bonds. The Morgan fingerprint density at radius 1 is 1.15 bits per heavy atom. The van der Waals surface area contributed by atoms with Gasteiger partial charge in [0.25, 0.3) is 0 Å². The van der Waals surface area contributed by atoms with Crippen LogP contribution in [0.2, 0.25) is 0 Å². The minimum Gasteiger partial charge on any atom is -0.497 e. The van der Waals surface area contributed by atoms with E-state index < -0.39 is 0 Å². The molecule has 0 radical (unpaired) electrons. The lowest BCUT2D eigenvalue weighted by atomic mass is 9.96. The Morgan fingerprint density at radius 2 is 1.97 bits per heavy atom. The van der Waals surface area contributed by atoms with Crippen LogP contribution in [0.5, 0.6) is 5.75 Å². The van der Waals surface area contributed by atoms with Gasteiger partial charge in [-0.1, -0.05) is 12.1 Å². The van der Waals surface area contributed by atoms with Gasteiger partial charge in [0.15, 0.2) is 5.11 Å². The largest absolute Gasteiger partial charge is 0.497 e. The van der Waals surface area contributed by atoms with Crippen LogP contribution in [0.1, 0.15) is 47.6 Å². The fourth-order valence-corrected chi connectivity index (χ4v) is 5.05. The first-order valence-corrected chi connectivity index (χ1v) is 11.7. The summed E-state index contributed by atoms with van der Waals surface area (Å²) < 4.78 is 12.5. The molecule has 3 aromatic rings. The van der Waals surface area contributed by atoms with E-state index in [0.29, 0.717) is 24.5 Å². The summed E-state index contributed by atoms with van der Waals surface area (Å²) in [5.41, 5.74) is 5.38. The van der Waals surface area contributed by atoms with Gasteiger partial charge in [0, 0.05) is 42.3 Å². The number of carbonyl (C=O) groups is 1. The van der Waals surface area contributed by atoms with Gasteiger partial charge in [0.2, 0.25) is 0 Å². The zero-order chi connectivity index (χ0) is 24.2. The van der Waals surface area contributed by atoms with Crippen molar-refractivity contribution in [1.29, 1.82) is 0 Å². The van der Waals surface area contributed by atoms with Gasteiger partial charge in [-0.3, -0.25) is 9.78 Å². The third kappa shape index (κ3) is 4.63. The van der Waals surface area contributed by atoms with Gasteiger partial charge >= 0.3 is 5.97 Å². The molecule has 7 nitrogen and oxygen atoms in total. The van der Waals surface area contributed by atoms with Crippen LogP contribution in [0.25, 0.3) is 5.69 Å². The highest BCUT2D eigenvalue weighted by Gasteiger charge is 2.41. The number of rotatable bonds is 8. The molecule has 1 saturated heterocycles. The molecule has 3 heterocycles. The Kier molecular flexibility index (Phi) is 7.17. The zero-order valence-corrected chi connectivity index (χ0v) is 20.8. The van der Waals surface area contributed by atoms with Crippen molar-refractivity contribution in [3.63, 3.8) is 0 Å². The van der Waals surface area contributed by atoms with E-state index in [2.05, 4.69) is 45.7 Å². The normalized spacial score (nSPS) is 17.5. The van der Waals surface area contributed by atoms with E-state index in [-0.39, 0.29) is 18.1 Å². The molecule has 1 aliphatic heterocycles. The highest BCUT2D eigenvalue weighted by atomic mass is 32.1. The van der Waals surface area contributed by atoms with Crippen molar-refractivity contribution in [2.24, 2.45) is 0 Å². The molecule has 1 N–H and O–H groups in total. The highest BCUT2D eigenvalue weighted by molar-refractivity contribution is 7.80. The Hall–Kier alpha value is -3.39. The predicted octanol–water partition coefficient (Wildman–Crippen LogP) is 4.42. The molecule has 1 aromatic carbocycles.